The number of ketones is 1. The highest BCUT2D eigenvalue weighted by atomic mass is 79.9. The zero-order valence-electron chi connectivity index (χ0n) is 18.4. The van der Waals surface area contributed by atoms with Gasteiger partial charge in [0.1, 0.15) is 5.82 Å². The maximum atomic E-state index is 14.9. The summed E-state index contributed by atoms with van der Waals surface area (Å²) in [7, 11) is 0. The van der Waals surface area contributed by atoms with E-state index in [-0.39, 0.29) is 46.3 Å². The predicted octanol–water partition coefficient (Wildman–Crippen LogP) is 7.63. The van der Waals surface area contributed by atoms with Crippen LogP contribution in [-0.2, 0) is 0 Å². The molecule has 2 aliphatic carbocycles. The van der Waals surface area contributed by atoms with E-state index in [1.165, 1.54) is 0 Å². The Hall–Kier alpha value is -2.42. The predicted molar refractivity (Wildman–Crippen MR) is 130 cm³/mol. The van der Waals surface area contributed by atoms with Gasteiger partial charge in [0, 0.05) is 29.1 Å². The number of fused-ring (bicyclic) bond motifs is 2. The van der Waals surface area contributed by atoms with E-state index in [2.05, 4.69) is 40.4 Å². The molecule has 2 aromatic carbocycles. The maximum Gasteiger partial charge on any atom is 0.168 e. The van der Waals surface area contributed by atoms with Gasteiger partial charge in [-0.05, 0) is 89.8 Å². The molecule has 0 bridgehead atoms. The molecule has 1 heterocycles. The van der Waals surface area contributed by atoms with Crippen LogP contribution in [0.2, 0.25) is 5.02 Å². The van der Waals surface area contributed by atoms with Crippen LogP contribution in [0.3, 0.4) is 0 Å². The lowest BCUT2D eigenvalue weighted by atomic mass is 9.69. The summed E-state index contributed by atoms with van der Waals surface area (Å²) in [6, 6.07) is 17.1. The summed E-state index contributed by atoms with van der Waals surface area (Å²) in [5.74, 6) is -0.459. The molecule has 0 radical (unpaired) electrons. The highest BCUT2D eigenvalue weighted by molar-refractivity contribution is 9.10. The van der Waals surface area contributed by atoms with Gasteiger partial charge in [0.15, 0.2) is 5.78 Å². The van der Waals surface area contributed by atoms with Crippen LogP contribution < -0.4 is 0 Å². The van der Waals surface area contributed by atoms with Gasteiger partial charge in [0.25, 0.3) is 0 Å². The van der Waals surface area contributed by atoms with Crippen molar-refractivity contribution in [2.24, 2.45) is 11.8 Å². The Morgan fingerprint density at radius 2 is 1.91 bits per heavy atom. The van der Waals surface area contributed by atoms with E-state index in [1.807, 2.05) is 30.3 Å². The number of hydrogen-bond acceptors (Lipinski definition) is 2. The molecule has 3 nitrogen and oxygen atoms in total. The molecule has 5 rings (SSSR count). The minimum absolute atomic E-state index is 0.0172. The summed E-state index contributed by atoms with van der Waals surface area (Å²) in [6.07, 6.45) is 1.32. The Balaban J connectivity index is 1.66. The van der Waals surface area contributed by atoms with Crippen molar-refractivity contribution in [2.45, 2.75) is 44.6 Å². The Morgan fingerprint density at radius 1 is 1.18 bits per heavy atom. The van der Waals surface area contributed by atoms with Crippen molar-refractivity contribution in [3.8, 4) is 6.07 Å². The smallest absolute Gasteiger partial charge is 0.168 e. The lowest BCUT2D eigenvalue weighted by Crippen LogP contribution is -2.33. The number of halogens is 3. The zero-order valence-corrected chi connectivity index (χ0v) is 20.7. The summed E-state index contributed by atoms with van der Waals surface area (Å²) in [6.45, 7) is 4.21. The highest BCUT2D eigenvalue weighted by Crippen LogP contribution is 2.56. The summed E-state index contributed by atoms with van der Waals surface area (Å²) in [4.78, 5) is 13.7. The minimum Gasteiger partial charge on any atom is -0.336 e. The average molecular weight is 526 g/mol. The first kappa shape index (κ1) is 22.4. The second-order valence-corrected chi connectivity index (χ2v) is 10.6. The average Bonchev–Trinajstić information content (AvgIpc) is 3.38. The number of Topliss-reactive ketones (excluding diaryl/α,β-unsaturated/α-hetero) is 1. The van der Waals surface area contributed by atoms with E-state index in [4.69, 9.17) is 11.6 Å². The van der Waals surface area contributed by atoms with Crippen LogP contribution in [0.4, 0.5) is 4.39 Å². The summed E-state index contributed by atoms with van der Waals surface area (Å²) in [5, 5.41) is 9.38. The van der Waals surface area contributed by atoms with Gasteiger partial charge in [-0.15, -0.1) is 0 Å². The molecule has 0 saturated heterocycles. The van der Waals surface area contributed by atoms with Crippen LogP contribution in [0.25, 0.3) is 0 Å². The van der Waals surface area contributed by atoms with E-state index >= 15 is 0 Å². The monoisotopic (exact) mass is 524 g/mol. The summed E-state index contributed by atoms with van der Waals surface area (Å²) in [5.41, 5.74) is 4.05. The minimum atomic E-state index is -0.378. The molecule has 1 aromatic heterocycles. The lowest BCUT2D eigenvalue weighted by Gasteiger charge is -2.35. The molecule has 0 N–H and O–H groups in total. The zero-order chi connectivity index (χ0) is 23.4. The van der Waals surface area contributed by atoms with Gasteiger partial charge in [-0.3, -0.25) is 4.79 Å². The van der Waals surface area contributed by atoms with E-state index in [0.29, 0.717) is 24.0 Å². The van der Waals surface area contributed by atoms with Crippen molar-refractivity contribution < 1.29 is 9.18 Å². The standard InChI is InChI=1S/C27H23BrClFN2O/c1-14(2)32-23(28)12-21-26(32)24(16-8-6-15(13-31)7-9-16)19-10-17(11-20(19)27(21)33)18-4-3-5-22(29)25(18)30/h3-9,12,14,17,19-20,24H,10-11H2,1-2H3/t17?,19?,20-,24?/m1/s1. The van der Waals surface area contributed by atoms with Gasteiger partial charge in [-0.2, -0.15) is 5.26 Å². The summed E-state index contributed by atoms with van der Waals surface area (Å²) >= 11 is 9.76. The molecular weight excluding hydrogens is 503 g/mol. The van der Waals surface area contributed by atoms with Crippen LogP contribution in [0.1, 0.15) is 77.3 Å². The van der Waals surface area contributed by atoms with Crippen molar-refractivity contribution in [3.05, 3.63) is 91.9 Å². The Labute approximate surface area is 206 Å². The number of hydrogen-bond donors (Lipinski definition) is 0. The molecule has 168 valence electrons. The highest BCUT2D eigenvalue weighted by Gasteiger charge is 2.50. The number of carbonyl (C=O) groups is 1. The second kappa shape index (κ2) is 8.42. The molecule has 0 amide bonds. The van der Waals surface area contributed by atoms with Gasteiger partial charge >= 0.3 is 0 Å². The van der Waals surface area contributed by atoms with Gasteiger partial charge in [-0.25, -0.2) is 4.39 Å². The fourth-order valence-electron chi connectivity index (χ4n) is 5.95. The molecular formula is C27H23BrClFN2O. The third kappa shape index (κ3) is 3.55. The van der Waals surface area contributed by atoms with Crippen molar-refractivity contribution in [3.63, 3.8) is 0 Å². The van der Waals surface area contributed by atoms with Crippen LogP contribution >= 0.6 is 27.5 Å². The first-order chi connectivity index (χ1) is 15.8. The fraction of sp³-hybridized carbons (Fsp3) is 0.333. The molecule has 2 aliphatic rings. The molecule has 6 heteroatoms. The number of rotatable bonds is 3. The third-order valence-corrected chi connectivity index (χ3v) is 8.21. The molecule has 3 unspecified atom stereocenters. The van der Waals surface area contributed by atoms with Gasteiger partial charge in [0.2, 0.25) is 0 Å². The lowest BCUT2D eigenvalue weighted by molar-refractivity contribution is 0.0861. The Kier molecular flexibility index (Phi) is 5.71. The first-order valence-corrected chi connectivity index (χ1v) is 12.4. The van der Waals surface area contributed by atoms with Crippen molar-refractivity contribution in [1.82, 2.24) is 4.57 Å². The summed E-state index contributed by atoms with van der Waals surface area (Å²) < 4.78 is 18.0. The number of nitrogens with zero attached hydrogens (tertiary/aromatic N) is 2. The normalized spacial score (nSPS) is 24.0. The van der Waals surface area contributed by atoms with Crippen LogP contribution in [-0.4, -0.2) is 10.4 Å². The molecule has 0 spiro atoms. The maximum absolute atomic E-state index is 14.9. The fourth-order valence-corrected chi connectivity index (χ4v) is 6.96. The van der Waals surface area contributed by atoms with Gasteiger partial charge < -0.3 is 4.57 Å². The molecule has 0 aliphatic heterocycles. The second-order valence-electron chi connectivity index (χ2n) is 9.39. The van der Waals surface area contributed by atoms with E-state index in [0.717, 1.165) is 21.4 Å². The SMILES string of the molecule is CC(C)n1c(Br)cc2c1C(c1ccc(C#N)cc1)C1CC(c3cccc(Cl)c3F)C[C@H]1C2=O. The van der Waals surface area contributed by atoms with Gasteiger partial charge in [0.05, 0.1) is 21.3 Å². The van der Waals surface area contributed by atoms with E-state index in [9.17, 15) is 14.4 Å². The van der Waals surface area contributed by atoms with Crippen molar-refractivity contribution in [2.75, 3.05) is 0 Å². The van der Waals surface area contributed by atoms with Crippen molar-refractivity contribution in [1.29, 1.82) is 5.26 Å². The largest absolute Gasteiger partial charge is 0.336 e. The topological polar surface area (TPSA) is 45.8 Å². The number of benzene rings is 2. The van der Waals surface area contributed by atoms with E-state index < -0.39 is 0 Å². The van der Waals surface area contributed by atoms with Crippen LogP contribution in [0.15, 0.2) is 53.1 Å². The Morgan fingerprint density at radius 3 is 2.58 bits per heavy atom. The number of nitriles is 1. The molecule has 1 fully saturated rings. The molecule has 4 atom stereocenters. The first-order valence-electron chi connectivity index (χ1n) is 11.2. The molecule has 3 aromatic rings. The van der Waals surface area contributed by atoms with Crippen LogP contribution in [0.5, 0.6) is 0 Å². The number of aromatic nitrogens is 1. The van der Waals surface area contributed by atoms with Crippen LogP contribution in [0, 0.1) is 29.0 Å². The molecule has 33 heavy (non-hydrogen) atoms. The quantitative estimate of drug-likeness (QED) is 0.353. The van der Waals surface area contributed by atoms with E-state index in [1.54, 1.807) is 18.2 Å². The van der Waals surface area contributed by atoms with Gasteiger partial charge in [-0.1, -0.05) is 35.9 Å². The van der Waals surface area contributed by atoms with Crippen molar-refractivity contribution >= 4 is 33.3 Å². The number of carbonyl (C=O) groups excluding carboxylic acids is 1. The third-order valence-electron chi connectivity index (χ3n) is 7.30. The Bertz CT molecular complexity index is 1290. The molecule has 1 saturated carbocycles.